The van der Waals surface area contributed by atoms with Crippen LogP contribution < -0.4 is 15.4 Å². The molecule has 154 valence electrons. The molecule has 1 aromatic heterocycles. The van der Waals surface area contributed by atoms with Crippen molar-refractivity contribution >= 4 is 41.3 Å². The van der Waals surface area contributed by atoms with Crippen molar-refractivity contribution in [1.29, 1.82) is 0 Å². The zero-order chi connectivity index (χ0) is 18.9. The number of fused-ring (bicyclic) bond motifs is 1. The van der Waals surface area contributed by atoms with Gasteiger partial charge in [0.15, 0.2) is 5.96 Å². The molecule has 2 N–H and O–H groups in total. The van der Waals surface area contributed by atoms with Gasteiger partial charge in [-0.3, -0.25) is 4.99 Å². The number of rotatable bonds is 8. The third-order valence-corrected chi connectivity index (χ3v) is 6.06. The van der Waals surface area contributed by atoms with E-state index in [0.717, 1.165) is 44.1 Å². The number of nitrogens with one attached hydrogen (secondary N) is 2. The van der Waals surface area contributed by atoms with Crippen LogP contribution in [0.3, 0.4) is 0 Å². The number of guanidine groups is 1. The minimum absolute atomic E-state index is 0. The molecule has 0 atom stereocenters. The summed E-state index contributed by atoms with van der Waals surface area (Å²) in [4.78, 5) is 10.7. The Morgan fingerprint density at radius 3 is 2.57 bits per heavy atom. The molecule has 0 saturated carbocycles. The molecule has 0 amide bonds. The Kier molecular flexibility index (Phi) is 10.0. The van der Waals surface area contributed by atoms with Gasteiger partial charge in [-0.2, -0.15) is 0 Å². The first-order valence-corrected chi connectivity index (χ1v) is 10.6. The summed E-state index contributed by atoms with van der Waals surface area (Å²) in [7, 11) is 3.51. The number of aromatic nitrogens is 1. The third-order valence-electron chi connectivity index (χ3n) is 4.84. The molecule has 28 heavy (non-hydrogen) atoms. The zero-order valence-electron chi connectivity index (χ0n) is 16.8. The lowest BCUT2D eigenvalue weighted by molar-refractivity contribution is 0.414. The quantitative estimate of drug-likeness (QED) is 0.242. The molecule has 0 bridgehead atoms. The van der Waals surface area contributed by atoms with Crippen molar-refractivity contribution in [3.63, 3.8) is 0 Å². The first-order chi connectivity index (χ1) is 13.3. The molecule has 1 aromatic carbocycles. The normalized spacial score (nSPS) is 13.4. The summed E-state index contributed by atoms with van der Waals surface area (Å²) >= 11 is 1.92. The van der Waals surface area contributed by atoms with E-state index in [9.17, 15) is 0 Å². The third kappa shape index (κ3) is 6.92. The molecule has 3 rings (SSSR count). The standard InChI is InChI=1S/C21H30N4OS.HI/c1-22-21(24-15-13-16-9-11-17(26-2)12-10-16)23-14-5-8-20-25-18-6-3-4-7-19(18)27-20;/h9-12H,3-8,13-15H2,1-2H3,(H2,22,23,24);1H. The van der Waals surface area contributed by atoms with Gasteiger partial charge in [0, 0.05) is 31.4 Å². The van der Waals surface area contributed by atoms with Gasteiger partial charge in [-0.25, -0.2) is 4.98 Å². The van der Waals surface area contributed by atoms with E-state index < -0.39 is 0 Å². The van der Waals surface area contributed by atoms with Crippen LogP contribution in [0.25, 0.3) is 0 Å². The maximum absolute atomic E-state index is 5.19. The Labute approximate surface area is 189 Å². The Balaban J connectivity index is 0.00000280. The predicted octanol–water partition coefficient (Wildman–Crippen LogP) is 3.99. The summed E-state index contributed by atoms with van der Waals surface area (Å²) in [5, 5.41) is 8.08. The highest BCUT2D eigenvalue weighted by Crippen LogP contribution is 2.27. The van der Waals surface area contributed by atoms with Crippen molar-refractivity contribution in [2.24, 2.45) is 4.99 Å². The van der Waals surface area contributed by atoms with E-state index in [1.165, 1.54) is 46.8 Å². The van der Waals surface area contributed by atoms with Gasteiger partial charge in [-0.05, 0) is 56.2 Å². The van der Waals surface area contributed by atoms with Crippen LogP contribution in [0.5, 0.6) is 5.75 Å². The molecule has 1 aliphatic rings. The lowest BCUT2D eigenvalue weighted by Gasteiger charge is -2.11. The molecule has 2 aromatic rings. The van der Waals surface area contributed by atoms with Crippen molar-refractivity contribution in [2.75, 3.05) is 27.2 Å². The first-order valence-electron chi connectivity index (χ1n) is 9.83. The van der Waals surface area contributed by atoms with Crippen molar-refractivity contribution in [3.8, 4) is 5.75 Å². The number of benzene rings is 1. The van der Waals surface area contributed by atoms with Crippen molar-refractivity contribution in [3.05, 3.63) is 45.4 Å². The molecule has 0 saturated heterocycles. The van der Waals surface area contributed by atoms with Gasteiger partial charge in [-0.15, -0.1) is 35.3 Å². The Morgan fingerprint density at radius 1 is 1.11 bits per heavy atom. The summed E-state index contributed by atoms with van der Waals surface area (Å²) in [5.41, 5.74) is 2.65. The number of aliphatic imine (C=N–C) groups is 1. The van der Waals surface area contributed by atoms with Crippen LogP contribution in [0.1, 0.15) is 40.4 Å². The first kappa shape index (κ1) is 22.9. The van der Waals surface area contributed by atoms with Gasteiger partial charge in [0.2, 0.25) is 0 Å². The van der Waals surface area contributed by atoms with E-state index >= 15 is 0 Å². The fourth-order valence-corrected chi connectivity index (χ4v) is 4.50. The van der Waals surface area contributed by atoms with Gasteiger partial charge < -0.3 is 15.4 Å². The van der Waals surface area contributed by atoms with Crippen molar-refractivity contribution in [1.82, 2.24) is 15.6 Å². The molecular formula is C21H31IN4OS. The SMILES string of the molecule is CN=C(NCCCc1nc2c(s1)CCCC2)NCCc1ccc(OC)cc1.I. The van der Waals surface area contributed by atoms with Crippen molar-refractivity contribution in [2.45, 2.75) is 44.9 Å². The maximum Gasteiger partial charge on any atom is 0.190 e. The second-order valence-corrected chi connectivity index (χ2v) is 7.98. The van der Waals surface area contributed by atoms with Crippen molar-refractivity contribution < 1.29 is 4.74 Å². The number of thiazole rings is 1. The number of hydrogen-bond donors (Lipinski definition) is 2. The molecule has 0 fully saturated rings. The molecule has 0 aliphatic heterocycles. The Morgan fingerprint density at radius 2 is 1.86 bits per heavy atom. The fraction of sp³-hybridized carbons (Fsp3) is 0.524. The molecule has 7 heteroatoms. The van der Waals surface area contributed by atoms with Crippen LogP contribution in [0.4, 0.5) is 0 Å². The van der Waals surface area contributed by atoms with Crippen LogP contribution in [0.2, 0.25) is 0 Å². The average Bonchev–Trinajstić information content (AvgIpc) is 3.13. The summed E-state index contributed by atoms with van der Waals surface area (Å²) < 4.78 is 5.19. The second-order valence-electron chi connectivity index (χ2n) is 6.81. The average molecular weight is 514 g/mol. The maximum atomic E-state index is 5.19. The van der Waals surface area contributed by atoms with Crippen LogP contribution in [-0.2, 0) is 25.7 Å². The minimum atomic E-state index is 0. The van der Waals surface area contributed by atoms with E-state index in [1.807, 2.05) is 30.5 Å². The highest BCUT2D eigenvalue weighted by molar-refractivity contribution is 14.0. The summed E-state index contributed by atoms with van der Waals surface area (Å²) in [6.07, 6.45) is 8.12. The molecule has 0 spiro atoms. The molecule has 5 nitrogen and oxygen atoms in total. The van der Waals surface area contributed by atoms with Gasteiger partial charge in [0.25, 0.3) is 0 Å². The predicted molar refractivity (Wildman–Crippen MR) is 129 cm³/mol. The molecule has 1 aliphatic carbocycles. The molecular weight excluding hydrogens is 483 g/mol. The molecule has 0 unspecified atom stereocenters. The summed E-state index contributed by atoms with van der Waals surface area (Å²) in [6, 6.07) is 8.20. The Hall–Kier alpha value is -1.35. The topological polar surface area (TPSA) is 58.5 Å². The monoisotopic (exact) mass is 514 g/mol. The zero-order valence-corrected chi connectivity index (χ0v) is 19.9. The van der Waals surface area contributed by atoms with E-state index in [1.54, 1.807) is 7.11 Å². The van der Waals surface area contributed by atoms with Crippen LogP contribution in [0.15, 0.2) is 29.3 Å². The minimum Gasteiger partial charge on any atom is -0.497 e. The number of aryl methyl sites for hydroxylation is 3. The summed E-state index contributed by atoms with van der Waals surface area (Å²) in [6.45, 7) is 1.76. The second kappa shape index (κ2) is 12.3. The largest absolute Gasteiger partial charge is 0.497 e. The van der Waals surface area contributed by atoms with Gasteiger partial charge in [0.05, 0.1) is 17.8 Å². The van der Waals surface area contributed by atoms with Crippen LogP contribution in [-0.4, -0.2) is 38.2 Å². The number of methoxy groups -OCH3 is 1. The van der Waals surface area contributed by atoms with Gasteiger partial charge in [0.1, 0.15) is 5.75 Å². The highest BCUT2D eigenvalue weighted by Gasteiger charge is 2.14. The van der Waals surface area contributed by atoms with E-state index in [-0.39, 0.29) is 24.0 Å². The van der Waals surface area contributed by atoms with E-state index in [0.29, 0.717) is 0 Å². The number of ether oxygens (including phenoxy) is 1. The van der Waals surface area contributed by atoms with Crippen LogP contribution in [0, 0.1) is 0 Å². The molecule has 1 heterocycles. The lowest BCUT2D eigenvalue weighted by atomic mass is 10.0. The van der Waals surface area contributed by atoms with E-state index in [4.69, 9.17) is 9.72 Å². The summed E-state index contributed by atoms with van der Waals surface area (Å²) in [5.74, 6) is 1.76. The molecule has 0 radical (unpaired) electrons. The van der Waals surface area contributed by atoms with E-state index in [2.05, 4.69) is 27.8 Å². The fourth-order valence-electron chi connectivity index (χ4n) is 3.30. The van der Waals surface area contributed by atoms with Crippen LogP contribution >= 0.6 is 35.3 Å². The Bertz CT molecular complexity index is 722. The number of hydrogen-bond acceptors (Lipinski definition) is 4. The number of nitrogens with zero attached hydrogens (tertiary/aromatic N) is 2. The smallest absolute Gasteiger partial charge is 0.190 e. The highest BCUT2D eigenvalue weighted by atomic mass is 127. The number of halogens is 1. The lowest BCUT2D eigenvalue weighted by Crippen LogP contribution is -2.38. The van der Waals surface area contributed by atoms with Gasteiger partial charge in [-0.1, -0.05) is 12.1 Å². The van der Waals surface area contributed by atoms with Gasteiger partial charge >= 0.3 is 0 Å².